The predicted octanol–water partition coefficient (Wildman–Crippen LogP) is 4.35. The molecule has 0 spiro atoms. The SMILES string of the molecule is Cc1ccc(C2=C(N3CC(C)OC(C)C3)C(=O)N(c3cccc(Cl)c3)C2=O)cc1C. The molecule has 2 aromatic rings. The molecule has 0 bridgehead atoms. The molecule has 6 heteroatoms. The molecular formula is C24H25ClN2O3. The number of ether oxygens (including phenoxy) is 1. The van der Waals surface area contributed by atoms with Crippen LogP contribution in [-0.2, 0) is 14.3 Å². The first-order chi connectivity index (χ1) is 14.3. The first-order valence-corrected chi connectivity index (χ1v) is 10.5. The van der Waals surface area contributed by atoms with Crippen LogP contribution in [0.15, 0.2) is 48.2 Å². The molecule has 2 aliphatic heterocycles. The summed E-state index contributed by atoms with van der Waals surface area (Å²) in [5.41, 5.74) is 4.31. The number of carbonyl (C=O) groups excluding carboxylic acids is 2. The largest absolute Gasteiger partial charge is 0.372 e. The molecule has 5 nitrogen and oxygen atoms in total. The molecule has 0 radical (unpaired) electrons. The van der Waals surface area contributed by atoms with Gasteiger partial charge in [0.2, 0.25) is 0 Å². The lowest BCUT2D eigenvalue weighted by Crippen LogP contribution is -2.47. The van der Waals surface area contributed by atoms with Crippen molar-refractivity contribution in [2.24, 2.45) is 0 Å². The molecule has 2 aliphatic rings. The minimum absolute atomic E-state index is 0.0367. The lowest BCUT2D eigenvalue weighted by Gasteiger charge is -2.37. The second kappa shape index (κ2) is 7.89. The summed E-state index contributed by atoms with van der Waals surface area (Å²) >= 11 is 6.14. The number of hydrogen-bond acceptors (Lipinski definition) is 4. The summed E-state index contributed by atoms with van der Waals surface area (Å²) in [6.07, 6.45) is -0.0734. The van der Waals surface area contributed by atoms with E-state index >= 15 is 0 Å². The molecule has 0 N–H and O–H groups in total. The van der Waals surface area contributed by atoms with Crippen molar-refractivity contribution in [1.29, 1.82) is 0 Å². The van der Waals surface area contributed by atoms with E-state index in [1.54, 1.807) is 24.3 Å². The highest BCUT2D eigenvalue weighted by atomic mass is 35.5. The zero-order valence-corrected chi connectivity index (χ0v) is 18.4. The topological polar surface area (TPSA) is 49.9 Å². The highest BCUT2D eigenvalue weighted by Crippen LogP contribution is 2.37. The first-order valence-electron chi connectivity index (χ1n) is 10.1. The zero-order valence-electron chi connectivity index (χ0n) is 17.6. The molecule has 156 valence electrons. The fourth-order valence-electron chi connectivity index (χ4n) is 4.18. The lowest BCUT2D eigenvalue weighted by atomic mass is 9.99. The van der Waals surface area contributed by atoms with Crippen LogP contribution in [0, 0.1) is 13.8 Å². The smallest absolute Gasteiger partial charge is 0.282 e. The zero-order chi connectivity index (χ0) is 21.6. The number of halogens is 1. The van der Waals surface area contributed by atoms with Gasteiger partial charge in [-0.05, 0) is 62.6 Å². The van der Waals surface area contributed by atoms with Crippen molar-refractivity contribution in [2.75, 3.05) is 18.0 Å². The average molecular weight is 425 g/mol. The number of hydrogen-bond donors (Lipinski definition) is 0. The summed E-state index contributed by atoms with van der Waals surface area (Å²) in [6, 6.07) is 12.7. The molecule has 1 fully saturated rings. The highest BCUT2D eigenvalue weighted by Gasteiger charge is 2.44. The van der Waals surface area contributed by atoms with Crippen molar-refractivity contribution in [2.45, 2.75) is 39.9 Å². The number of aryl methyl sites for hydroxylation is 2. The van der Waals surface area contributed by atoms with Crippen LogP contribution in [0.1, 0.15) is 30.5 Å². The number of benzene rings is 2. The van der Waals surface area contributed by atoms with Crippen molar-refractivity contribution >= 4 is 34.7 Å². The van der Waals surface area contributed by atoms with Gasteiger partial charge in [0, 0.05) is 18.1 Å². The van der Waals surface area contributed by atoms with E-state index in [4.69, 9.17) is 16.3 Å². The number of morpholine rings is 1. The number of imide groups is 1. The van der Waals surface area contributed by atoms with Crippen molar-refractivity contribution in [3.05, 3.63) is 69.9 Å². The van der Waals surface area contributed by atoms with E-state index in [9.17, 15) is 9.59 Å². The van der Waals surface area contributed by atoms with Gasteiger partial charge in [-0.1, -0.05) is 35.9 Å². The number of nitrogens with zero attached hydrogens (tertiary/aromatic N) is 2. The van der Waals surface area contributed by atoms with Gasteiger partial charge in [0.05, 0.1) is 23.5 Å². The highest BCUT2D eigenvalue weighted by molar-refractivity contribution is 6.45. The number of carbonyl (C=O) groups is 2. The Balaban J connectivity index is 1.86. The Morgan fingerprint density at radius 3 is 2.27 bits per heavy atom. The summed E-state index contributed by atoms with van der Waals surface area (Å²) in [6.45, 7) is 9.10. The van der Waals surface area contributed by atoms with Gasteiger partial charge in [0.25, 0.3) is 11.8 Å². The summed E-state index contributed by atoms with van der Waals surface area (Å²) in [5.74, 6) is -0.649. The van der Waals surface area contributed by atoms with E-state index in [1.807, 2.05) is 50.8 Å². The van der Waals surface area contributed by atoms with Crippen molar-refractivity contribution in [3.63, 3.8) is 0 Å². The second-order valence-corrected chi connectivity index (χ2v) is 8.55. The number of anilines is 1. The van der Waals surface area contributed by atoms with Gasteiger partial charge in [-0.25, -0.2) is 4.90 Å². The van der Waals surface area contributed by atoms with Crippen molar-refractivity contribution in [3.8, 4) is 0 Å². The molecule has 0 aliphatic carbocycles. The van der Waals surface area contributed by atoms with Crippen LogP contribution in [0.3, 0.4) is 0 Å². The van der Waals surface area contributed by atoms with Gasteiger partial charge >= 0.3 is 0 Å². The molecule has 0 aromatic heterocycles. The van der Waals surface area contributed by atoms with E-state index in [1.165, 1.54) is 4.90 Å². The van der Waals surface area contributed by atoms with Gasteiger partial charge in [0.1, 0.15) is 5.70 Å². The summed E-state index contributed by atoms with van der Waals surface area (Å²) in [7, 11) is 0. The Morgan fingerprint density at radius 2 is 1.63 bits per heavy atom. The maximum atomic E-state index is 13.6. The van der Waals surface area contributed by atoms with Crippen LogP contribution in [0.4, 0.5) is 5.69 Å². The average Bonchev–Trinajstić information content (AvgIpc) is 2.93. The standard InChI is InChI=1S/C24H25ClN2O3/c1-14-8-9-18(10-15(14)2)21-22(26-12-16(3)30-17(4)13-26)24(29)27(23(21)28)20-7-5-6-19(25)11-20/h5-11,16-17H,12-13H2,1-4H3. The van der Waals surface area contributed by atoms with Gasteiger partial charge in [-0.2, -0.15) is 0 Å². The van der Waals surface area contributed by atoms with Crippen LogP contribution in [0.25, 0.3) is 5.57 Å². The molecule has 2 unspecified atom stereocenters. The fourth-order valence-corrected chi connectivity index (χ4v) is 4.36. The van der Waals surface area contributed by atoms with E-state index in [2.05, 4.69) is 0 Å². The monoisotopic (exact) mass is 424 g/mol. The van der Waals surface area contributed by atoms with Crippen LogP contribution in [-0.4, -0.2) is 42.0 Å². The molecule has 30 heavy (non-hydrogen) atoms. The Bertz CT molecular complexity index is 1050. The molecule has 0 saturated carbocycles. The molecule has 2 heterocycles. The summed E-state index contributed by atoms with van der Waals surface area (Å²) in [4.78, 5) is 30.4. The van der Waals surface area contributed by atoms with Crippen LogP contribution >= 0.6 is 11.6 Å². The second-order valence-electron chi connectivity index (χ2n) is 8.11. The van der Waals surface area contributed by atoms with Crippen LogP contribution in [0.2, 0.25) is 5.02 Å². The van der Waals surface area contributed by atoms with Crippen LogP contribution in [0.5, 0.6) is 0 Å². The minimum atomic E-state index is -0.327. The molecular weight excluding hydrogens is 400 g/mol. The van der Waals surface area contributed by atoms with Crippen molar-refractivity contribution < 1.29 is 14.3 Å². The van der Waals surface area contributed by atoms with Crippen molar-refractivity contribution in [1.82, 2.24) is 4.90 Å². The van der Waals surface area contributed by atoms with E-state index in [0.29, 0.717) is 35.1 Å². The lowest BCUT2D eigenvalue weighted by molar-refractivity contribution is -0.121. The van der Waals surface area contributed by atoms with Gasteiger partial charge in [-0.3, -0.25) is 9.59 Å². The molecule has 1 saturated heterocycles. The maximum Gasteiger partial charge on any atom is 0.282 e. The quantitative estimate of drug-likeness (QED) is 0.687. The molecule has 2 aromatic carbocycles. The summed E-state index contributed by atoms with van der Waals surface area (Å²) in [5, 5.41) is 0.475. The van der Waals surface area contributed by atoms with Gasteiger partial charge in [0.15, 0.2) is 0 Å². The third-order valence-electron chi connectivity index (χ3n) is 5.66. The maximum absolute atomic E-state index is 13.6. The fraction of sp³-hybridized carbons (Fsp3) is 0.333. The Labute approximate surface area is 181 Å². The van der Waals surface area contributed by atoms with Gasteiger partial charge in [-0.15, -0.1) is 0 Å². The predicted molar refractivity (Wildman–Crippen MR) is 118 cm³/mol. The van der Waals surface area contributed by atoms with E-state index < -0.39 is 0 Å². The molecule has 2 atom stereocenters. The number of rotatable bonds is 3. The molecule has 4 rings (SSSR count). The summed E-state index contributed by atoms with van der Waals surface area (Å²) < 4.78 is 5.85. The molecule has 2 amide bonds. The van der Waals surface area contributed by atoms with Crippen LogP contribution < -0.4 is 4.90 Å². The third kappa shape index (κ3) is 3.64. The first kappa shape index (κ1) is 20.6. The van der Waals surface area contributed by atoms with E-state index in [-0.39, 0.29) is 24.0 Å². The Morgan fingerprint density at radius 1 is 0.933 bits per heavy atom. The minimum Gasteiger partial charge on any atom is -0.372 e. The van der Waals surface area contributed by atoms with Gasteiger partial charge < -0.3 is 9.64 Å². The van der Waals surface area contributed by atoms with E-state index in [0.717, 1.165) is 16.7 Å². The normalized spacial score (nSPS) is 22.3. The number of amides is 2. The Hall–Kier alpha value is -2.63. The Kier molecular flexibility index (Phi) is 5.43. The third-order valence-corrected chi connectivity index (χ3v) is 5.89.